The fourth-order valence-electron chi connectivity index (χ4n) is 3.82. The minimum Gasteiger partial charge on any atom is -0.399 e. The summed E-state index contributed by atoms with van der Waals surface area (Å²) in [6.07, 6.45) is 3.43. The van der Waals surface area contributed by atoms with Gasteiger partial charge in [-0.05, 0) is 48.2 Å². The van der Waals surface area contributed by atoms with E-state index in [-0.39, 0.29) is 11.9 Å². The van der Waals surface area contributed by atoms with Crippen LogP contribution in [0.2, 0.25) is 0 Å². The van der Waals surface area contributed by atoms with E-state index in [2.05, 4.69) is 37.9 Å². The molecule has 0 bridgehead atoms. The van der Waals surface area contributed by atoms with E-state index in [9.17, 15) is 4.79 Å². The Kier molecular flexibility index (Phi) is 4.13. The van der Waals surface area contributed by atoms with Gasteiger partial charge in [0, 0.05) is 28.9 Å². The van der Waals surface area contributed by atoms with Crippen LogP contribution in [0.1, 0.15) is 21.6 Å². The molecule has 7 nitrogen and oxygen atoms in total. The van der Waals surface area contributed by atoms with Gasteiger partial charge in [0.25, 0.3) is 5.91 Å². The SMILES string of the molecule is Nc1cc(Nc2ccc3cn[nH]c3c2)nc(C(=O)NC2Cc3ccccc3C2)c1. The minimum atomic E-state index is -0.220. The number of amides is 1. The fourth-order valence-corrected chi connectivity index (χ4v) is 3.82. The Hall–Kier alpha value is -3.87. The summed E-state index contributed by atoms with van der Waals surface area (Å²) in [7, 11) is 0. The second-order valence-electron chi connectivity index (χ2n) is 7.32. The predicted octanol–water partition coefficient (Wildman–Crippen LogP) is 3.18. The first-order valence-electron chi connectivity index (χ1n) is 9.49. The molecule has 5 N–H and O–H groups in total. The molecule has 0 fully saturated rings. The Morgan fingerprint density at radius 1 is 1.07 bits per heavy atom. The molecule has 0 radical (unpaired) electrons. The van der Waals surface area contributed by atoms with Gasteiger partial charge in [0.1, 0.15) is 11.5 Å². The maximum atomic E-state index is 12.8. The van der Waals surface area contributed by atoms with Crippen LogP contribution < -0.4 is 16.4 Å². The average Bonchev–Trinajstić information content (AvgIpc) is 3.33. The number of nitrogens with zero attached hydrogens (tertiary/aromatic N) is 2. The van der Waals surface area contributed by atoms with E-state index in [4.69, 9.17) is 5.73 Å². The summed E-state index contributed by atoms with van der Waals surface area (Å²) >= 11 is 0. The topological polar surface area (TPSA) is 109 Å². The van der Waals surface area contributed by atoms with E-state index in [0.717, 1.165) is 29.4 Å². The van der Waals surface area contributed by atoms with Crippen LogP contribution in [0.15, 0.2) is 60.8 Å². The zero-order valence-electron chi connectivity index (χ0n) is 15.6. The molecular weight excluding hydrogens is 364 g/mol. The summed E-state index contributed by atoms with van der Waals surface area (Å²) in [4.78, 5) is 17.2. The molecule has 29 heavy (non-hydrogen) atoms. The van der Waals surface area contributed by atoms with Crippen LogP contribution in [0.3, 0.4) is 0 Å². The van der Waals surface area contributed by atoms with Gasteiger partial charge in [-0.1, -0.05) is 24.3 Å². The summed E-state index contributed by atoms with van der Waals surface area (Å²) in [5, 5.41) is 14.3. The third kappa shape index (κ3) is 3.50. The lowest BCUT2D eigenvalue weighted by Crippen LogP contribution is -2.35. The fraction of sp³-hybridized carbons (Fsp3) is 0.136. The lowest BCUT2D eigenvalue weighted by atomic mass is 10.1. The molecule has 0 spiro atoms. The van der Waals surface area contributed by atoms with Crippen LogP contribution >= 0.6 is 0 Å². The lowest BCUT2D eigenvalue weighted by molar-refractivity contribution is 0.0933. The van der Waals surface area contributed by atoms with E-state index in [0.29, 0.717) is 17.2 Å². The first-order valence-corrected chi connectivity index (χ1v) is 9.49. The molecular formula is C22H20N6O. The Labute approximate surface area is 167 Å². The van der Waals surface area contributed by atoms with Crippen molar-refractivity contribution >= 4 is 34.0 Å². The number of carbonyl (C=O) groups is 1. The van der Waals surface area contributed by atoms with Crippen molar-refractivity contribution in [3.05, 3.63) is 77.6 Å². The number of hydrogen-bond donors (Lipinski definition) is 4. The number of nitrogen functional groups attached to an aromatic ring is 1. The smallest absolute Gasteiger partial charge is 0.270 e. The number of hydrogen-bond acceptors (Lipinski definition) is 5. The number of rotatable bonds is 4. The second kappa shape index (κ2) is 6.94. The molecule has 2 aromatic carbocycles. The number of aromatic nitrogens is 3. The summed E-state index contributed by atoms with van der Waals surface area (Å²) in [5.41, 5.74) is 11.1. The van der Waals surface area contributed by atoms with Gasteiger partial charge < -0.3 is 16.4 Å². The van der Waals surface area contributed by atoms with Gasteiger partial charge >= 0.3 is 0 Å². The number of aromatic amines is 1. The molecule has 1 aliphatic carbocycles. The van der Waals surface area contributed by atoms with Crippen molar-refractivity contribution in [3.8, 4) is 0 Å². The summed E-state index contributed by atoms with van der Waals surface area (Å²) in [6.45, 7) is 0. The van der Waals surface area contributed by atoms with E-state index in [1.807, 2.05) is 30.3 Å². The minimum absolute atomic E-state index is 0.0716. The number of anilines is 3. The zero-order chi connectivity index (χ0) is 19.8. The average molecular weight is 384 g/mol. The Bertz CT molecular complexity index is 1190. The van der Waals surface area contributed by atoms with Crippen molar-refractivity contribution in [3.63, 3.8) is 0 Å². The number of H-pyrrole nitrogens is 1. The van der Waals surface area contributed by atoms with Crippen LogP contribution in [0, 0.1) is 0 Å². The molecule has 5 rings (SSSR count). The summed E-state index contributed by atoms with van der Waals surface area (Å²) in [5.74, 6) is 0.297. The molecule has 144 valence electrons. The van der Waals surface area contributed by atoms with Gasteiger partial charge in [-0.25, -0.2) is 4.98 Å². The number of nitrogens with two attached hydrogens (primary N) is 1. The quantitative estimate of drug-likeness (QED) is 0.432. The van der Waals surface area contributed by atoms with Gasteiger partial charge in [-0.3, -0.25) is 9.89 Å². The molecule has 1 amide bonds. The molecule has 4 aromatic rings. The molecule has 0 aliphatic heterocycles. The Balaban J connectivity index is 1.33. The van der Waals surface area contributed by atoms with E-state index < -0.39 is 0 Å². The number of pyridine rings is 1. The van der Waals surface area contributed by atoms with Crippen LogP contribution in [0.5, 0.6) is 0 Å². The van der Waals surface area contributed by atoms with E-state index >= 15 is 0 Å². The molecule has 2 heterocycles. The Morgan fingerprint density at radius 3 is 2.66 bits per heavy atom. The highest BCUT2D eigenvalue weighted by Gasteiger charge is 2.23. The zero-order valence-corrected chi connectivity index (χ0v) is 15.6. The van der Waals surface area contributed by atoms with Crippen LogP contribution in [0.4, 0.5) is 17.2 Å². The van der Waals surface area contributed by atoms with Gasteiger partial charge in [-0.15, -0.1) is 0 Å². The summed E-state index contributed by atoms with van der Waals surface area (Å²) in [6, 6.07) is 17.5. The molecule has 7 heteroatoms. The lowest BCUT2D eigenvalue weighted by Gasteiger charge is -2.13. The van der Waals surface area contributed by atoms with Crippen LogP contribution in [-0.4, -0.2) is 27.1 Å². The number of benzene rings is 2. The normalized spacial score (nSPS) is 13.4. The van der Waals surface area contributed by atoms with Crippen LogP contribution in [0.25, 0.3) is 10.9 Å². The first kappa shape index (κ1) is 17.2. The highest BCUT2D eigenvalue weighted by atomic mass is 16.1. The van der Waals surface area contributed by atoms with Gasteiger partial charge in [0.2, 0.25) is 0 Å². The van der Waals surface area contributed by atoms with Crippen molar-refractivity contribution in [2.24, 2.45) is 0 Å². The van der Waals surface area contributed by atoms with Crippen molar-refractivity contribution < 1.29 is 4.79 Å². The highest BCUT2D eigenvalue weighted by molar-refractivity contribution is 5.94. The number of nitrogens with one attached hydrogen (secondary N) is 3. The third-order valence-corrected chi connectivity index (χ3v) is 5.18. The molecule has 1 aliphatic rings. The van der Waals surface area contributed by atoms with Crippen molar-refractivity contribution in [1.82, 2.24) is 20.5 Å². The molecule has 0 saturated carbocycles. The van der Waals surface area contributed by atoms with Crippen molar-refractivity contribution in [2.45, 2.75) is 18.9 Å². The van der Waals surface area contributed by atoms with Crippen molar-refractivity contribution in [1.29, 1.82) is 0 Å². The standard InChI is InChI=1S/C22H20N6O/c23-16-9-20(22(29)26-18-7-13-3-1-2-4-14(13)8-18)27-21(10-16)25-17-6-5-15-12-24-28-19(15)11-17/h1-6,9-12,18H,7-8H2,(H,24,28)(H,26,29)(H3,23,25,27). The molecule has 0 unspecified atom stereocenters. The first-order chi connectivity index (χ1) is 14.1. The second-order valence-corrected chi connectivity index (χ2v) is 7.32. The largest absolute Gasteiger partial charge is 0.399 e. The molecule has 0 atom stereocenters. The van der Waals surface area contributed by atoms with E-state index in [1.165, 1.54) is 11.1 Å². The predicted molar refractivity (Wildman–Crippen MR) is 113 cm³/mol. The van der Waals surface area contributed by atoms with Crippen LogP contribution in [-0.2, 0) is 12.8 Å². The van der Waals surface area contributed by atoms with Gasteiger partial charge in [0.15, 0.2) is 0 Å². The molecule has 0 saturated heterocycles. The third-order valence-electron chi connectivity index (χ3n) is 5.18. The maximum absolute atomic E-state index is 12.8. The monoisotopic (exact) mass is 384 g/mol. The Morgan fingerprint density at radius 2 is 1.86 bits per heavy atom. The van der Waals surface area contributed by atoms with Gasteiger partial charge in [-0.2, -0.15) is 5.10 Å². The highest BCUT2D eigenvalue weighted by Crippen LogP contribution is 2.23. The number of carbonyl (C=O) groups excluding carboxylic acids is 1. The molecule has 2 aromatic heterocycles. The van der Waals surface area contributed by atoms with Crippen molar-refractivity contribution in [2.75, 3.05) is 11.1 Å². The van der Waals surface area contributed by atoms with E-state index in [1.54, 1.807) is 18.3 Å². The number of fused-ring (bicyclic) bond motifs is 2. The van der Waals surface area contributed by atoms with Gasteiger partial charge in [0.05, 0.1) is 11.7 Å². The summed E-state index contributed by atoms with van der Waals surface area (Å²) < 4.78 is 0. The maximum Gasteiger partial charge on any atom is 0.270 e.